The molecule has 7 nitrogen and oxygen atoms in total. The van der Waals surface area contributed by atoms with E-state index in [0.29, 0.717) is 45.3 Å². The van der Waals surface area contributed by atoms with Gasteiger partial charge >= 0.3 is 0 Å². The van der Waals surface area contributed by atoms with Crippen LogP contribution in [0.25, 0.3) is 0 Å². The standard InChI is InChI=1S/C35H47N3O4/c1-5-6-8-13-29-21-33(39)35(32-20-27(4)14-15-31(32)26(2)3)34(22-29)42-19-18-40-16-17-41-25-30-24-38(37-36-30)23-28-11-9-7-10-12-28/h7,9-12,20-22,24,31-32,39H,2,5-6,8,13-19,23,25H2,1,3-4H3. The molecule has 0 radical (unpaired) electrons. The molecule has 7 heteroatoms. The molecule has 0 spiro atoms. The molecule has 226 valence electrons. The first kappa shape index (κ1) is 31.5. The number of phenolic OH excluding ortho intramolecular Hbond substituents is 1. The van der Waals surface area contributed by atoms with Gasteiger partial charge in [0.05, 0.1) is 39.2 Å². The summed E-state index contributed by atoms with van der Waals surface area (Å²) in [5.41, 5.74) is 6.43. The van der Waals surface area contributed by atoms with Crippen LogP contribution in [0.3, 0.4) is 0 Å². The average molecular weight is 574 g/mol. The summed E-state index contributed by atoms with van der Waals surface area (Å²) in [7, 11) is 0. The molecule has 0 saturated heterocycles. The largest absolute Gasteiger partial charge is 0.507 e. The van der Waals surface area contributed by atoms with E-state index in [1.54, 1.807) is 0 Å². The van der Waals surface area contributed by atoms with Crippen molar-refractivity contribution < 1.29 is 19.3 Å². The SMILES string of the molecule is C=C(C)C1CCC(C)=CC1c1c(O)cc(CCCCC)cc1OCCOCCOCc1cn(Cc2ccccc2)nn1. The van der Waals surface area contributed by atoms with Crippen LogP contribution < -0.4 is 4.74 Å². The third kappa shape index (κ3) is 9.30. The molecule has 0 amide bonds. The van der Waals surface area contributed by atoms with E-state index in [1.807, 2.05) is 35.1 Å². The monoisotopic (exact) mass is 573 g/mol. The van der Waals surface area contributed by atoms with Crippen LogP contribution >= 0.6 is 0 Å². The van der Waals surface area contributed by atoms with Crippen LogP contribution in [0.15, 0.2) is 72.5 Å². The minimum absolute atomic E-state index is 0.0518. The first-order valence-electron chi connectivity index (χ1n) is 15.3. The Morgan fingerprint density at radius 2 is 1.83 bits per heavy atom. The number of unbranched alkanes of at least 4 members (excludes halogenated alkanes) is 2. The molecule has 42 heavy (non-hydrogen) atoms. The van der Waals surface area contributed by atoms with Crippen molar-refractivity contribution in [3.63, 3.8) is 0 Å². The molecular formula is C35H47N3O4. The van der Waals surface area contributed by atoms with Gasteiger partial charge in [-0.2, -0.15) is 0 Å². The summed E-state index contributed by atoms with van der Waals surface area (Å²) in [6, 6.07) is 14.2. The highest BCUT2D eigenvalue weighted by Crippen LogP contribution is 2.47. The first-order valence-corrected chi connectivity index (χ1v) is 15.3. The summed E-state index contributed by atoms with van der Waals surface area (Å²) in [5.74, 6) is 1.40. The fourth-order valence-electron chi connectivity index (χ4n) is 5.61. The normalized spacial score (nSPS) is 16.8. The van der Waals surface area contributed by atoms with Gasteiger partial charge in [0.1, 0.15) is 23.8 Å². The topological polar surface area (TPSA) is 78.6 Å². The highest BCUT2D eigenvalue weighted by atomic mass is 16.5. The third-order valence-electron chi connectivity index (χ3n) is 7.84. The first-order chi connectivity index (χ1) is 20.4. The van der Waals surface area contributed by atoms with Gasteiger partial charge in [-0.05, 0) is 68.7 Å². The van der Waals surface area contributed by atoms with E-state index in [1.165, 1.54) is 17.6 Å². The smallest absolute Gasteiger partial charge is 0.127 e. The molecule has 1 aliphatic carbocycles. The second-order valence-electron chi connectivity index (χ2n) is 11.4. The lowest BCUT2D eigenvalue weighted by atomic mass is 9.73. The van der Waals surface area contributed by atoms with E-state index in [-0.39, 0.29) is 11.8 Å². The van der Waals surface area contributed by atoms with Crippen molar-refractivity contribution in [3.8, 4) is 11.5 Å². The molecule has 1 aromatic heterocycles. The molecule has 4 rings (SSSR count). The van der Waals surface area contributed by atoms with Gasteiger partial charge < -0.3 is 19.3 Å². The van der Waals surface area contributed by atoms with E-state index in [4.69, 9.17) is 14.2 Å². The lowest BCUT2D eigenvalue weighted by Gasteiger charge is -2.32. The maximum absolute atomic E-state index is 11.2. The van der Waals surface area contributed by atoms with Crippen molar-refractivity contribution in [2.75, 3.05) is 26.4 Å². The molecule has 0 fully saturated rings. The fourth-order valence-corrected chi connectivity index (χ4v) is 5.61. The number of allylic oxidation sites excluding steroid dienone is 3. The lowest BCUT2D eigenvalue weighted by molar-refractivity contribution is 0.0292. The number of benzene rings is 2. The molecule has 0 aliphatic heterocycles. The number of aromatic hydroxyl groups is 1. The molecule has 1 heterocycles. The van der Waals surface area contributed by atoms with Gasteiger partial charge in [0.25, 0.3) is 0 Å². The molecular weight excluding hydrogens is 526 g/mol. The second-order valence-corrected chi connectivity index (χ2v) is 11.4. The zero-order chi connectivity index (χ0) is 29.7. The Kier molecular flexibility index (Phi) is 12.2. The van der Waals surface area contributed by atoms with Crippen molar-refractivity contribution in [1.29, 1.82) is 0 Å². The highest BCUT2D eigenvalue weighted by Gasteiger charge is 2.30. The Morgan fingerprint density at radius 1 is 1.05 bits per heavy atom. The Bertz CT molecular complexity index is 1300. The average Bonchev–Trinajstić information content (AvgIpc) is 3.41. The van der Waals surface area contributed by atoms with Crippen LogP contribution in [0.2, 0.25) is 0 Å². The second kappa shape index (κ2) is 16.3. The number of hydrogen-bond donors (Lipinski definition) is 1. The minimum Gasteiger partial charge on any atom is -0.507 e. The van der Waals surface area contributed by atoms with Crippen molar-refractivity contribution >= 4 is 0 Å². The minimum atomic E-state index is 0.0518. The van der Waals surface area contributed by atoms with Crippen molar-refractivity contribution in [2.45, 2.75) is 78.4 Å². The fraction of sp³-hybridized carbons (Fsp3) is 0.486. The molecule has 0 saturated carbocycles. The van der Waals surface area contributed by atoms with Crippen molar-refractivity contribution in [3.05, 3.63) is 94.8 Å². The van der Waals surface area contributed by atoms with E-state index >= 15 is 0 Å². The van der Waals surface area contributed by atoms with Crippen LogP contribution in [0.5, 0.6) is 11.5 Å². The summed E-state index contributed by atoms with van der Waals surface area (Å²) in [6.45, 7) is 13.5. The van der Waals surface area contributed by atoms with Crippen molar-refractivity contribution in [1.82, 2.24) is 15.0 Å². The predicted molar refractivity (Wildman–Crippen MR) is 167 cm³/mol. The number of nitrogens with zero attached hydrogens (tertiary/aromatic N) is 3. The Balaban J connectivity index is 1.27. The number of aryl methyl sites for hydroxylation is 1. The van der Waals surface area contributed by atoms with Gasteiger partial charge in [-0.25, -0.2) is 4.68 Å². The maximum atomic E-state index is 11.2. The third-order valence-corrected chi connectivity index (χ3v) is 7.84. The molecule has 1 aliphatic rings. The van der Waals surface area contributed by atoms with Gasteiger partial charge in [0.15, 0.2) is 0 Å². The Morgan fingerprint density at radius 3 is 2.62 bits per heavy atom. The molecule has 2 atom stereocenters. The quantitative estimate of drug-likeness (QED) is 0.134. The van der Waals surface area contributed by atoms with Crippen LogP contribution in [-0.2, 0) is 29.0 Å². The summed E-state index contributed by atoms with van der Waals surface area (Å²) in [6.07, 6.45) is 10.6. The van der Waals surface area contributed by atoms with Gasteiger partial charge in [-0.1, -0.05) is 79.1 Å². The van der Waals surface area contributed by atoms with Gasteiger partial charge in [0.2, 0.25) is 0 Å². The molecule has 2 unspecified atom stereocenters. The number of ether oxygens (including phenoxy) is 3. The zero-order valence-corrected chi connectivity index (χ0v) is 25.6. The van der Waals surface area contributed by atoms with Crippen LogP contribution in [0, 0.1) is 5.92 Å². The van der Waals surface area contributed by atoms with Gasteiger partial charge in [-0.15, -0.1) is 5.10 Å². The predicted octanol–water partition coefficient (Wildman–Crippen LogP) is 7.39. The number of aromatic nitrogens is 3. The van der Waals surface area contributed by atoms with Crippen LogP contribution in [0.1, 0.15) is 81.2 Å². The van der Waals surface area contributed by atoms with Crippen molar-refractivity contribution in [2.24, 2.45) is 5.92 Å². The summed E-state index contributed by atoms with van der Waals surface area (Å²) in [5, 5.41) is 19.6. The van der Waals surface area contributed by atoms with Gasteiger partial charge in [0, 0.05) is 11.5 Å². The molecule has 3 aromatic rings. The molecule has 1 N–H and O–H groups in total. The highest BCUT2D eigenvalue weighted by molar-refractivity contribution is 5.52. The summed E-state index contributed by atoms with van der Waals surface area (Å²) >= 11 is 0. The van der Waals surface area contributed by atoms with E-state index in [9.17, 15) is 5.11 Å². The van der Waals surface area contributed by atoms with E-state index < -0.39 is 0 Å². The van der Waals surface area contributed by atoms with E-state index in [2.05, 4.69) is 61.9 Å². The lowest BCUT2D eigenvalue weighted by Crippen LogP contribution is -2.19. The number of phenols is 1. The summed E-state index contributed by atoms with van der Waals surface area (Å²) in [4.78, 5) is 0. The van der Waals surface area contributed by atoms with Crippen LogP contribution in [0.4, 0.5) is 0 Å². The van der Waals surface area contributed by atoms with Crippen LogP contribution in [-0.4, -0.2) is 46.5 Å². The van der Waals surface area contributed by atoms with E-state index in [0.717, 1.165) is 60.2 Å². The molecule has 0 bridgehead atoms. The maximum Gasteiger partial charge on any atom is 0.127 e. The Hall–Kier alpha value is -3.42. The summed E-state index contributed by atoms with van der Waals surface area (Å²) < 4.78 is 19.7. The molecule has 2 aromatic carbocycles. The zero-order valence-electron chi connectivity index (χ0n) is 25.6. The Labute approximate surface area is 251 Å². The van der Waals surface area contributed by atoms with Gasteiger partial charge in [-0.3, -0.25) is 0 Å². The number of hydrogen-bond acceptors (Lipinski definition) is 6. The number of rotatable bonds is 17.